The van der Waals surface area contributed by atoms with Gasteiger partial charge in [-0.2, -0.15) is 0 Å². The molecule has 0 aliphatic heterocycles. The van der Waals surface area contributed by atoms with Gasteiger partial charge in [-0.15, -0.1) is 0 Å². The number of carbonyl (C=O) groups is 1. The first-order chi connectivity index (χ1) is 16.2. The SMILES string of the molecule is O=C(OCCOc1ccccc1)c1c2c(nc3ccccc13)/C(=C/c1ccc(O)cc1)CC2. The van der Waals surface area contributed by atoms with Crippen LogP contribution in [-0.2, 0) is 11.2 Å². The molecule has 0 saturated carbocycles. The largest absolute Gasteiger partial charge is 0.508 e. The highest BCUT2D eigenvalue weighted by atomic mass is 16.6. The Morgan fingerprint density at radius 2 is 1.67 bits per heavy atom. The zero-order valence-corrected chi connectivity index (χ0v) is 18.0. The summed E-state index contributed by atoms with van der Waals surface area (Å²) in [5.74, 6) is 0.620. The van der Waals surface area contributed by atoms with Gasteiger partial charge in [-0.3, -0.25) is 0 Å². The van der Waals surface area contributed by atoms with Crippen molar-refractivity contribution in [2.24, 2.45) is 0 Å². The predicted octanol–water partition coefficient (Wildman–Crippen LogP) is 5.66. The van der Waals surface area contributed by atoms with Gasteiger partial charge in [0.15, 0.2) is 0 Å². The summed E-state index contributed by atoms with van der Waals surface area (Å²) in [6, 6.07) is 24.2. The van der Waals surface area contributed by atoms with Gasteiger partial charge in [0, 0.05) is 5.39 Å². The van der Waals surface area contributed by atoms with Crippen molar-refractivity contribution in [1.29, 1.82) is 0 Å². The number of aromatic hydroxyl groups is 1. The van der Waals surface area contributed by atoms with Crippen molar-refractivity contribution in [2.45, 2.75) is 12.8 Å². The Kier molecular flexibility index (Phi) is 5.77. The van der Waals surface area contributed by atoms with Gasteiger partial charge in [0.2, 0.25) is 0 Å². The maximum atomic E-state index is 13.2. The van der Waals surface area contributed by atoms with Crippen molar-refractivity contribution in [1.82, 2.24) is 4.98 Å². The number of hydrogen-bond donors (Lipinski definition) is 1. The number of nitrogens with zero attached hydrogens (tertiary/aromatic N) is 1. The zero-order chi connectivity index (χ0) is 22.6. The molecule has 5 nitrogen and oxygen atoms in total. The minimum Gasteiger partial charge on any atom is -0.508 e. The third-order valence-electron chi connectivity index (χ3n) is 5.71. The van der Waals surface area contributed by atoms with Crippen LogP contribution in [0.2, 0.25) is 0 Å². The lowest BCUT2D eigenvalue weighted by molar-refractivity contribution is 0.0451. The molecule has 5 rings (SSSR count). The first-order valence-electron chi connectivity index (χ1n) is 11.0. The van der Waals surface area contributed by atoms with Gasteiger partial charge in [0.25, 0.3) is 0 Å². The Bertz CT molecular complexity index is 1330. The predicted molar refractivity (Wildman–Crippen MR) is 128 cm³/mol. The van der Waals surface area contributed by atoms with E-state index in [4.69, 9.17) is 14.5 Å². The Morgan fingerprint density at radius 1 is 0.909 bits per heavy atom. The van der Waals surface area contributed by atoms with Crippen molar-refractivity contribution < 1.29 is 19.4 Å². The van der Waals surface area contributed by atoms with E-state index in [1.807, 2.05) is 66.7 Å². The molecule has 33 heavy (non-hydrogen) atoms. The van der Waals surface area contributed by atoms with Gasteiger partial charge >= 0.3 is 5.97 Å². The van der Waals surface area contributed by atoms with Gasteiger partial charge in [-0.1, -0.05) is 48.5 Å². The number of allylic oxidation sites excluding steroid dienone is 1. The molecule has 164 valence electrons. The highest BCUT2D eigenvalue weighted by Gasteiger charge is 2.27. The van der Waals surface area contributed by atoms with Crippen LogP contribution in [0.5, 0.6) is 11.5 Å². The first-order valence-corrected chi connectivity index (χ1v) is 11.0. The van der Waals surface area contributed by atoms with Crippen molar-refractivity contribution in [3.63, 3.8) is 0 Å². The minimum absolute atomic E-state index is 0.162. The number of rotatable bonds is 6. The van der Waals surface area contributed by atoms with E-state index in [2.05, 4.69) is 6.08 Å². The Morgan fingerprint density at radius 3 is 2.48 bits per heavy atom. The average Bonchev–Trinajstić information content (AvgIpc) is 3.24. The molecule has 1 aromatic heterocycles. The normalized spacial score (nSPS) is 13.8. The second-order valence-corrected chi connectivity index (χ2v) is 7.89. The molecule has 0 amide bonds. The Labute approximate surface area is 191 Å². The monoisotopic (exact) mass is 437 g/mol. The molecule has 1 aliphatic carbocycles. The molecule has 3 aromatic carbocycles. The van der Waals surface area contributed by atoms with Crippen LogP contribution in [0.15, 0.2) is 78.9 Å². The van der Waals surface area contributed by atoms with Crippen molar-refractivity contribution in [3.8, 4) is 11.5 Å². The van der Waals surface area contributed by atoms with Crippen LogP contribution >= 0.6 is 0 Å². The van der Waals surface area contributed by atoms with Crippen LogP contribution in [0.1, 0.15) is 33.6 Å². The van der Waals surface area contributed by atoms with Crippen molar-refractivity contribution >= 4 is 28.5 Å². The summed E-state index contributed by atoms with van der Waals surface area (Å²) in [6.45, 7) is 0.447. The molecule has 1 N–H and O–H groups in total. The number of ether oxygens (including phenoxy) is 2. The summed E-state index contributed by atoms with van der Waals surface area (Å²) < 4.78 is 11.3. The number of para-hydroxylation sites is 2. The van der Waals surface area contributed by atoms with E-state index in [0.29, 0.717) is 5.56 Å². The van der Waals surface area contributed by atoms with E-state index in [1.54, 1.807) is 12.1 Å². The van der Waals surface area contributed by atoms with E-state index in [0.717, 1.165) is 51.9 Å². The van der Waals surface area contributed by atoms with E-state index >= 15 is 0 Å². The molecule has 4 aromatic rings. The first kappa shape index (κ1) is 20.8. The van der Waals surface area contributed by atoms with Gasteiger partial charge < -0.3 is 14.6 Å². The molecule has 5 heteroatoms. The summed E-state index contributed by atoms with van der Waals surface area (Å²) in [7, 11) is 0. The summed E-state index contributed by atoms with van der Waals surface area (Å²) in [5, 5.41) is 10.4. The third kappa shape index (κ3) is 4.44. The summed E-state index contributed by atoms with van der Waals surface area (Å²) in [6.07, 6.45) is 3.58. The smallest absolute Gasteiger partial charge is 0.339 e. The lowest BCUT2D eigenvalue weighted by atomic mass is 10.0. The number of carbonyl (C=O) groups excluding carboxylic acids is 1. The van der Waals surface area contributed by atoms with Crippen molar-refractivity contribution in [3.05, 3.63) is 101 Å². The lowest BCUT2D eigenvalue weighted by Crippen LogP contribution is -2.15. The molecule has 0 fully saturated rings. The highest BCUT2D eigenvalue weighted by Crippen LogP contribution is 2.37. The lowest BCUT2D eigenvalue weighted by Gasteiger charge is -2.13. The maximum Gasteiger partial charge on any atom is 0.339 e. The zero-order valence-electron chi connectivity index (χ0n) is 18.0. The fraction of sp³-hybridized carbons (Fsp3) is 0.143. The summed E-state index contributed by atoms with van der Waals surface area (Å²) >= 11 is 0. The van der Waals surface area contributed by atoms with E-state index in [9.17, 15) is 9.90 Å². The number of aromatic nitrogens is 1. The number of pyridine rings is 1. The van der Waals surface area contributed by atoms with Gasteiger partial charge in [0.1, 0.15) is 24.7 Å². The molecule has 0 atom stereocenters. The molecule has 0 spiro atoms. The Balaban J connectivity index is 1.42. The number of fused-ring (bicyclic) bond motifs is 2. The second-order valence-electron chi connectivity index (χ2n) is 7.89. The maximum absolute atomic E-state index is 13.2. The van der Waals surface area contributed by atoms with Crippen LogP contribution in [0, 0.1) is 0 Å². The van der Waals surface area contributed by atoms with Gasteiger partial charge in [0.05, 0.1) is 16.8 Å². The van der Waals surface area contributed by atoms with Crippen LogP contribution in [-0.4, -0.2) is 29.3 Å². The van der Waals surface area contributed by atoms with E-state index < -0.39 is 0 Å². The highest BCUT2D eigenvalue weighted by molar-refractivity contribution is 6.07. The van der Waals surface area contributed by atoms with Crippen LogP contribution in [0.25, 0.3) is 22.6 Å². The average molecular weight is 437 g/mol. The molecule has 0 radical (unpaired) electrons. The molecule has 1 aliphatic rings. The summed E-state index contributed by atoms with van der Waals surface area (Å²) in [5.41, 5.74) is 5.17. The number of benzene rings is 3. The van der Waals surface area contributed by atoms with Crippen LogP contribution in [0.4, 0.5) is 0 Å². The standard InChI is InChI=1S/C28H23NO4/c30-21-13-10-19(11-14-21)18-20-12-15-24-26(23-8-4-5-9-25(23)29-27(20)24)28(31)33-17-16-32-22-6-2-1-3-7-22/h1-11,13-14,18,30H,12,15-17H2/b20-18+. The Hall–Kier alpha value is -4.12. The second kappa shape index (κ2) is 9.17. The number of phenolic OH excluding ortho intramolecular Hbond substituents is 1. The molecule has 0 saturated heterocycles. The number of hydrogen-bond acceptors (Lipinski definition) is 5. The number of esters is 1. The van der Waals surface area contributed by atoms with Gasteiger partial charge in [-0.25, -0.2) is 9.78 Å². The molecular weight excluding hydrogens is 414 g/mol. The molecule has 0 unspecified atom stereocenters. The fourth-order valence-corrected chi connectivity index (χ4v) is 4.17. The minimum atomic E-state index is -0.354. The van der Waals surface area contributed by atoms with Crippen molar-refractivity contribution in [2.75, 3.05) is 13.2 Å². The third-order valence-corrected chi connectivity index (χ3v) is 5.71. The molecule has 0 bridgehead atoms. The number of phenols is 1. The fourth-order valence-electron chi connectivity index (χ4n) is 4.17. The van der Waals surface area contributed by atoms with Gasteiger partial charge in [-0.05, 0) is 65.9 Å². The van der Waals surface area contributed by atoms with E-state index in [1.165, 1.54) is 0 Å². The summed E-state index contributed by atoms with van der Waals surface area (Å²) in [4.78, 5) is 18.1. The molecule has 1 heterocycles. The van der Waals surface area contributed by atoms with Crippen LogP contribution < -0.4 is 4.74 Å². The van der Waals surface area contributed by atoms with E-state index in [-0.39, 0.29) is 24.9 Å². The van der Waals surface area contributed by atoms with Crippen LogP contribution in [0.3, 0.4) is 0 Å². The topological polar surface area (TPSA) is 68.7 Å². The quantitative estimate of drug-likeness (QED) is 0.311. The molecular formula is C28H23NO4.